The van der Waals surface area contributed by atoms with Crippen LogP contribution in [0.15, 0.2) is 41.3 Å². The monoisotopic (exact) mass is 382 g/mol. The zero-order valence-corrected chi connectivity index (χ0v) is 15.6. The van der Waals surface area contributed by atoms with Gasteiger partial charge in [-0.1, -0.05) is 6.07 Å². The van der Waals surface area contributed by atoms with Gasteiger partial charge < -0.3 is 15.5 Å². The number of aryl methyl sites for hydroxylation is 1. The SMILES string of the molecule is Cc1ccc(NC(=S)Nc2cc(S(N)(=O)=O)ccc2N(C)C)cc1F. The molecule has 2 rings (SSSR count). The van der Waals surface area contributed by atoms with Gasteiger partial charge in [-0.05, 0) is 55.0 Å². The summed E-state index contributed by atoms with van der Waals surface area (Å²) in [5.74, 6) is -0.349. The molecule has 2 aromatic carbocycles. The van der Waals surface area contributed by atoms with E-state index in [4.69, 9.17) is 17.4 Å². The van der Waals surface area contributed by atoms with Crippen molar-refractivity contribution in [1.82, 2.24) is 0 Å². The van der Waals surface area contributed by atoms with Crippen LogP contribution in [0, 0.1) is 12.7 Å². The van der Waals surface area contributed by atoms with Gasteiger partial charge in [0, 0.05) is 19.8 Å². The molecular formula is C16H19FN4O2S2. The average Bonchev–Trinajstić information content (AvgIpc) is 2.49. The first-order chi connectivity index (χ1) is 11.6. The number of rotatable bonds is 4. The molecule has 0 aliphatic heterocycles. The summed E-state index contributed by atoms with van der Waals surface area (Å²) >= 11 is 5.23. The van der Waals surface area contributed by atoms with Gasteiger partial charge in [0.25, 0.3) is 0 Å². The van der Waals surface area contributed by atoms with Crippen LogP contribution in [0.1, 0.15) is 5.56 Å². The normalized spacial score (nSPS) is 11.1. The lowest BCUT2D eigenvalue weighted by atomic mass is 10.2. The number of primary sulfonamides is 1. The summed E-state index contributed by atoms with van der Waals surface area (Å²) in [6.45, 7) is 1.66. The molecule has 0 fully saturated rings. The Kier molecular flexibility index (Phi) is 5.61. The molecule has 0 atom stereocenters. The van der Waals surface area contributed by atoms with Crippen molar-refractivity contribution in [3.63, 3.8) is 0 Å². The van der Waals surface area contributed by atoms with E-state index in [0.717, 1.165) is 0 Å². The van der Waals surface area contributed by atoms with Crippen LogP contribution in [0.5, 0.6) is 0 Å². The fourth-order valence-electron chi connectivity index (χ4n) is 2.14. The third kappa shape index (κ3) is 4.88. The Morgan fingerprint density at radius 1 is 1.16 bits per heavy atom. The molecule has 0 unspecified atom stereocenters. The fraction of sp³-hybridized carbons (Fsp3) is 0.188. The molecule has 6 nitrogen and oxygen atoms in total. The Labute approximate surface area is 151 Å². The first kappa shape index (κ1) is 19.1. The minimum atomic E-state index is -3.84. The lowest BCUT2D eigenvalue weighted by molar-refractivity contribution is 0.598. The van der Waals surface area contributed by atoms with Crippen LogP contribution < -0.4 is 20.7 Å². The summed E-state index contributed by atoms with van der Waals surface area (Å²) in [5, 5.41) is 11.2. The highest BCUT2D eigenvalue weighted by Crippen LogP contribution is 2.27. The van der Waals surface area contributed by atoms with Crippen LogP contribution in [0.25, 0.3) is 0 Å². The molecule has 0 aliphatic rings. The number of thiocarbonyl (C=S) groups is 1. The largest absolute Gasteiger partial charge is 0.376 e. The van der Waals surface area contributed by atoms with Crippen molar-refractivity contribution in [2.75, 3.05) is 29.6 Å². The van der Waals surface area contributed by atoms with Gasteiger partial charge in [0.2, 0.25) is 10.0 Å². The third-order valence-corrected chi connectivity index (χ3v) is 4.57. The maximum Gasteiger partial charge on any atom is 0.238 e. The zero-order valence-electron chi connectivity index (χ0n) is 14.0. The second-order valence-corrected chi connectivity index (χ2v) is 7.63. The van der Waals surface area contributed by atoms with Crippen LogP contribution in [0.3, 0.4) is 0 Å². The highest BCUT2D eigenvalue weighted by atomic mass is 32.2. The van der Waals surface area contributed by atoms with Crippen molar-refractivity contribution >= 4 is 44.4 Å². The van der Waals surface area contributed by atoms with Crippen molar-refractivity contribution in [1.29, 1.82) is 0 Å². The number of benzene rings is 2. The molecule has 25 heavy (non-hydrogen) atoms. The van der Waals surface area contributed by atoms with E-state index in [1.165, 1.54) is 18.2 Å². The minimum absolute atomic E-state index is 0.0372. The van der Waals surface area contributed by atoms with Gasteiger partial charge in [0.05, 0.1) is 16.3 Å². The molecule has 0 aromatic heterocycles. The molecule has 0 aliphatic carbocycles. The Hall–Kier alpha value is -2.23. The zero-order chi connectivity index (χ0) is 18.8. The van der Waals surface area contributed by atoms with E-state index in [-0.39, 0.29) is 15.8 Å². The molecule has 0 amide bonds. The van der Waals surface area contributed by atoms with Crippen LogP contribution >= 0.6 is 12.2 Å². The van der Waals surface area contributed by atoms with Gasteiger partial charge >= 0.3 is 0 Å². The quantitative estimate of drug-likeness (QED) is 0.705. The number of nitrogens with zero attached hydrogens (tertiary/aromatic N) is 1. The molecule has 4 N–H and O–H groups in total. The highest BCUT2D eigenvalue weighted by molar-refractivity contribution is 7.89. The van der Waals surface area contributed by atoms with Crippen molar-refractivity contribution in [2.45, 2.75) is 11.8 Å². The first-order valence-corrected chi connectivity index (χ1v) is 9.21. The second kappa shape index (κ2) is 7.34. The molecule has 2 aromatic rings. The van der Waals surface area contributed by atoms with E-state index in [9.17, 15) is 12.8 Å². The van der Waals surface area contributed by atoms with E-state index in [1.807, 2.05) is 14.1 Å². The third-order valence-electron chi connectivity index (χ3n) is 3.46. The number of sulfonamides is 1. The molecule has 0 saturated carbocycles. The number of anilines is 3. The van der Waals surface area contributed by atoms with E-state index in [2.05, 4.69) is 10.6 Å². The molecule has 0 spiro atoms. The smallest absolute Gasteiger partial charge is 0.238 e. The molecule has 0 radical (unpaired) electrons. The minimum Gasteiger partial charge on any atom is -0.376 e. The van der Waals surface area contributed by atoms with Crippen molar-refractivity contribution in [3.8, 4) is 0 Å². The number of halogens is 1. The lowest BCUT2D eigenvalue weighted by Gasteiger charge is -2.20. The van der Waals surface area contributed by atoms with E-state index in [1.54, 1.807) is 30.0 Å². The van der Waals surface area contributed by atoms with Crippen molar-refractivity contribution in [2.24, 2.45) is 5.14 Å². The number of nitrogens with two attached hydrogens (primary N) is 1. The standard InChI is InChI=1S/C16H19FN4O2S2/c1-10-4-5-11(8-13(10)17)19-16(24)20-14-9-12(25(18,22)23)6-7-15(14)21(2)3/h4-9H,1-3H3,(H2,18,22,23)(H2,19,20,24). The molecular weight excluding hydrogens is 363 g/mol. The Morgan fingerprint density at radius 3 is 2.40 bits per heavy atom. The summed E-state index contributed by atoms with van der Waals surface area (Å²) < 4.78 is 36.7. The van der Waals surface area contributed by atoms with Gasteiger partial charge in [-0.2, -0.15) is 0 Å². The van der Waals surface area contributed by atoms with Gasteiger partial charge in [-0.3, -0.25) is 0 Å². The highest BCUT2D eigenvalue weighted by Gasteiger charge is 2.14. The van der Waals surface area contributed by atoms with E-state index < -0.39 is 10.0 Å². The Balaban J connectivity index is 2.27. The Morgan fingerprint density at radius 2 is 1.84 bits per heavy atom. The molecule has 0 saturated heterocycles. The van der Waals surface area contributed by atoms with E-state index >= 15 is 0 Å². The molecule has 0 bridgehead atoms. The summed E-state index contributed by atoms with van der Waals surface area (Å²) in [7, 11) is -0.228. The second-order valence-electron chi connectivity index (χ2n) is 5.66. The number of hydrogen-bond donors (Lipinski definition) is 3. The van der Waals surface area contributed by atoms with Crippen molar-refractivity contribution < 1.29 is 12.8 Å². The topological polar surface area (TPSA) is 87.5 Å². The number of hydrogen-bond acceptors (Lipinski definition) is 4. The molecule has 9 heteroatoms. The van der Waals surface area contributed by atoms with Gasteiger partial charge in [-0.15, -0.1) is 0 Å². The van der Waals surface area contributed by atoms with Crippen molar-refractivity contribution in [3.05, 3.63) is 47.8 Å². The van der Waals surface area contributed by atoms with Crippen LogP contribution in [0.4, 0.5) is 21.5 Å². The summed E-state index contributed by atoms with van der Waals surface area (Å²) in [5.41, 5.74) is 2.18. The van der Waals surface area contributed by atoms with Crippen LogP contribution in [-0.2, 0) is 10.0 Å². The Bertz CT molecular complexity index is 914. The number of nitrogens with one attached hydrogen (secondary N) is 2. The van der Waals surface area contributed by atoms with Crippen LogP contribution in [0.2, 0.25) is 0 Å². The summed E-state index contributed by atoms with van der Waals surface area (Å²) in [4.78, 5) is 1.76. The maximum atomic E-state index is 13.6. The molecule has 134 valence electrons. The van der Waals surface area contributed by atoms with Gasteiger partial charge in [0.15, 0.2) is 5.11 Å². The van der Waals surface area contributed by atoms with E-state index in [0.29, 0.717) is 22.6 Å². The predicted molar refractivity (Wildman–Crippen MR) is 103 cm³/mol. The van der Waals surface area contributed by atoms with Gasteiger partial charge in [-0.25, -0.2) is 17.9 Å². The van der Waals surface area contributed by atoms with Crippen LogP contribution in [-0.4, -0.2) is 27.6 Å². The lowest BCUT2D eigenvalue weighted by Crippen LogP contribution is -2.22. The van der Waals surface area contributed by atoms with Gasteiger partial charge in [0.1, 0.15) is 5.82 Å². The summed E-state index contributed by atoms with van der Waals surface area (Å²) in [6, 6.07) is 9.09. The predicted octanol–water partition coefficient (Wildman–Crippen LogP) is 2.66. The fourth-order valence-corrected chi connectivity index (χ4v) is 2.91. The first-order valence-electron chi connectivity index (χ1n) is 7.26. The maximum absolute atomic E-state index is 13.6. The summed E-state index contributed by atoms with van der Waals surface area (Å²) in [6.07, 6.45) is 0. The average molecular weight is 382 g/mol. The molecule has 0 heterocycles.